The lowest BCUT2D eigenvalue weighted by Gasteiger charge is -2.18. The van der Waals surface area contributed by atoms with Gasteiger partial charge in [-0.05, 0) is 25.1 Å². The highest BCUT2D eigenvalue weighted by Crippen LogP contribution is 2.38. The second kappa shape index (κ2) is 5.66. The number of esters is 1. The van der Waals surface area contributed by atoms with E-state index in [1.807, 2.05) is 0 Å². The molecule has 116 valence electrons. The van der Waals surface area contributed by atoms with Crippen LogP contribution >= 0.6 is 0 Å². The van der Waals surface area contributed by atoms with Gasteiger partial charge in [-0.15, -0.1) is 0 Å². The van der Waals surface area contributed by atoms with E-state index in [4.69, 9.17) is 0 Å². The number of alkyl halides is 5. The first-order chi connectivity index (χ1) is 9.50. The van der Waals surface area contributed by atoms with Gasteiger partial charge in [-0.1, -0.05) is 0 Å². The van der Waals surface area contributed by atoms with Gasteiger partial charge in [0.2, 0.25) is 0 Å². The Balaban J connectivity index is 3.09. The first kappa shape index (κ1) is 16.9. The van der Waals surface area contributed by atoms with Crippen LogP contribution in [0, 0.1) is 0 Å². The third kappa shape index (κ3) is 3.47. The van der Waals surface area contributed by atoms with Crippen molar-refractivity contribution in [3.63, 3.8) is 0 Å². The highest BCUT2D eigenvalue weighted by atomic mass is 19.4. The van der Waals surface area contributed by atoms with E-state index in [9.17, 15) is 31.5 Å². The number of carbonyl (C=O) groups excluding carboxylic acids is 2. The molecular formula is C12H9F5O4. The Morgan fingerprint density at radius 1 is 1.05 bits per heavy atom. The number of ether oxygens (including phenoxy) is 2. The fourth-order valence-electron chi connectivity index (χ4n) is 1.25. The topological polar surface area (TPSA) is 52.6 Å². The summed E-state index contributed by atoms with van der Waals surface area (Å²) in [6, 6.07) is 3.04. The number of benzene rings is 1. The first-order valence-electron chi connectivity index (χ1n) is 5.36. The molecule has 0 heterocycles. The normalized spacial score (nSPS) is 12.0. The zero-order valence-electron chi connectivity index (χ0n) is 10.8. The Hall–Kier alpha value is -2.19. The summed E-state index contributed by atoms with van der Waals surface area (Å²) in [6.07, 6.45) is -6.07. The van der Waals surface area contributed by atoms with Gasteiger partial charge in [-0.25, -0.2) is 4.79 Å². The average Bonchev–Trinajstić information content (AvgIpc) is 2.37. The molecule has 0 bridgehead atoms. The molecule has 9 heteroatoms. The second-order valence-corrected chi connectivity index (χ2v) is 3.88. The van der Waals surface area contributed by atoms with E-state index in [0.29, 0.717) is 0 Å². The molecule has 21 heavy (non-hydrogen) atoms. The number of rotatable bonds is 4. The number of ketones is 1. The van der Waals surface area contributed by atoms with Gasteiger partial charge < -0.3 is 9.47 Å². The van der Waals surface area contributed by atoms with Gasteiger partial charge in [-0.2, -0.15) is 22.0 Å². The van der Waals surface area contributed by atoms with Gasteiger partial charge in [0.1, 0.15) is 0 Å². The van der Waals surface area contributed by atoms with E-state index in [1.54, 1.807) is 0 Å². The molecule has 0 saturated carbocycles. The van der Waals surface area contributed by atoms with Crippen LogP contribution in [-0.2, 0) is 4.79 Å². The molecule has 0 radical (unpaired) electrons. The summed E-state index contributed by atoms with van der Waals surface area (Å²) in [5, 5.41) is 0. The van der Waals surface area contributed by atoms with Crippen molar-refractivity contribution < 1.29 is 41.0 Å². The molecule has 0 unspecified atom stereocenters. The molecule has 0 N–H and O–H groups in total. The lowest BCUT2D eigenvalue weighted by atomic mass is 10.1. The van der Waals surface area contributed by atoms with Crippen molar-refractivity contribution >= 4 is 11.8 Å². The quantitative estimate of drug-likeness (QED) is 0.371. The number of halogens is 5. The summed E-state index contributed by atoms with van der Waals surface area (Å²) in [4.78, 5) is 22.1. The zero-order chi connectivity index (χ0) is 16.4. The summed E-state index contributed by atoms with van der Waals surface area (Å²) >= 11 is 0. The van der Waals surface area contributed by atoms with Crippen molar-refractivity contribution in [2.75, 3.05) is 7.11 Å². The standard InChI is InChI=1S/C12H9F5O4/c1-6(18)7-3-4-8(9(5-7)20-2)21-10(19)11(13,14)12(15,16)17/h3-5H,1-2H3. The van der Waals surface area contributed by atoms with Crippen molar-refractivity contribution in [1.29, 1.82) is 0 Å². The largest absolute Gasteiger partial charge is 0.493 e. The van der Waals surface area contributed by atoms with Crippen LogP contribution in [0.2, 0.25) is 0 Å². The third-order valence-corrected chi connectivity index (χ3v) is 2.39. The van der Waals surface area contributed by atoms with Crippen LogP contribution in [0.25, 0.3) is 0 Å². The Morgan fingerprint density at radius 2 is 1.62 bits per heavy atom. The molecule has 1 aromatic rings. The van der Waals surface area contributed by atoms with Crippen LogP contribution < -0.4 is 9.47 Å². The highest BCUT2D eigenvalue weighted by Gasteiger charge is 2.65. The molecule has 0 atom stereocenters. The van der Waals surface area contributed by atoms with Gasteiger partial charge in [-0.3, -0.25) is 4.79 Å². The summed E-state index contributed by atoms with van der Waals surface area (Å²) < 4.78 is 70.3. The SMILES string of the molecule is COc1cc(C(C)=O)ccc1OC(=O)C(F)(F)C(F)(F)F. The minimum atomic E-state index is -6.07. The fraction of sp³-hybridized carbons (Fsp3) is 0.333. The molecule has 1 aromatic carbocycles. The van der Waals surface area contributed by atoms with Crippen LogP contribution in [0.3, 0.4) is 0 Å². The predicted octanol–water partition coefficient (Wildman–Crippen LogP) is 3.00. The van der Waals surface area contributed by atoms with Gasteiger partial charge in [0.15, 0.2) is 17.3 Å². The van der Waals surface area contributed by atoms with E-state index in [1.165, 1.54) is 6.92 Å². The van der Waals surface area contributed by atoms with Crippen LogP contribution in [0.15, 0.2) is 18.2 Å². The molecule has 1 rings (SSSR count). The van der Waals surface area contributed by atoms with E-state index in [2.05, 4.69) is 9.47 Å². The maximum Gasteiger partial charge on any atom is 0.465 e. The summed E-state index contributed by atoms with van der Waals surface area (Å²) in [5.74, 6) is -9.82. The minimum absolute atomic E-state index is 0.106. The van der Waals surface area contributed by atoms with Crippen molar-refractivity contribution in [2.45, 2.75) is 19.0 Å². The smallest absolute Gasteiger partial charge is 0.465 e. The Morgan fingerprint density at radius 3 is 2.05 bits per heavy atom. The van der Waals surface area contributed by atoms with Crippen LogP contribution in [0.5, 0.6) is 11.5 Å². The zero-order valence-corrected chi connectivity index (χ0v) is 10.8. The molecule has 0 saturated heterocycles. The molecule has 0 aliphatic carbocycles. The molecule has 0 aromatic heterocycles. The molecule has 0 amide bonds. The van der Waals surface area contributed by atoms with Crippen molar-refractivity contribution in [3.05, 3.63) is 23.8 Å². The van der Waals surface area contributed by atoms with Crippen molar-refractivity contribution in [3.8, 4) is 11.5 Å². The molecule has 0 fully saturated rings. The lowest BCUT2D eigenvalue weighted by molar-refractivity contribution is -0.276. The number of hydrogen-bond donors (Lipinski definition) is 0. The van der Waals surface area contributed by atoms with Gasteiger partial charge in [0.25, 0.3) is 0 Å². The average molecular weight is 312 g/mol. The fourth-order valence-corrected chi connectivity index (χ4v) is 1.25. The van der Waals surface area contributed by atoms with Crippen LogP contribution in [-0.4, -0.2) is 31.0 Å². The van der Waals surface area contributed by atoms with E-state index < -0.39 is 29.6 Å². The highest BCUT2D eigenvalue weighted by molar-refractivity contribution is 5.94. The third-order valence-electron chi connectivity index (χ3n) is 2.39. The van der Waals surface area contributed by atoms with Gasteiger partial charge in [0, 0.05) is 5.56 Å². The molecular weight excluding hydrogens is 303 g/mol. The van der Waals surface area contributed by atoms with E-state index >= 15 is 0 Å². The molecule has 4 nitrogen and oxygen atoms in total. The van der Waals surface area contributed by atoms with Crippen LogP contribution in [0.1, 0.15) is 17.3 Å². The predicted molar refractivity (Wildman–Crippen MR) is 59.6 cm³/mol. The molecule has 0 aliphatic rings. The maximum atomic E-state index is 12.8. The summed E-state index contributed by atoms with van der Waals surface area (Å²) in [6.45, 7) is 1.21. The van der Waals surface area contributed by atoms with E-state index in [-0.39, 0.29) is 11.3 Å². The Labute approximate surface area is 115 Å². The first-order valence-corrected chi connectivity index (χ1v) is 5.36. The van der Waals surface area contributed by atoms with Crippen molar-refractivity contribution in [1.82, 2.24) is 0 Å². The molecule has 0 spiro atoms. The summed E-state index contributed by atoms with van der Waals surface area (Å²) in [7, 11) is 1.07. The van der Waals surface area contributed by atoms with Gasteiger partial charge in [0.05, 0.1) is 7.11 Å². The van der Waals surface area contributed by atoms with Gasteiger partial charge >= 0.3 is 18.1 Å². The number of hydrogen-bond acceptors (Lipinski definition) is 4. The van der Waals surface area contributed by atoms with Crippen molar-refractivity contribution in [2.24, 2.45) is 0 Å². The Bertz CT molecular complexity index is 565. The number of methoxy groups -OCH3 is 1. The summed E-state index contributed by atoms with van der Waals surface area (Å²) in [5.41, 5.74) is 0.106. The maximum absolute atomic E-state index is 12.8. The van der Waals surface area contributed by atoms with E-state index in [0.717, 1.165) is 25.3 Å². The number of Topliss-reactive ketones (excluding diaryl/α,β-unsaturated/α-hetero) is 1. The molecule has 0 aliphatic heterocycles. The minimum Gasteiger partial charge on any atom is -0.493 e. The number of carbonyl (C=O) groups is 2. The second-order valence-electron chi connectivity index (χ2n) is 3.88. The Kier molecular flexibility index (Phi) is 4.55. The lowest BCUT2D eigenvalue weighted by Crippen LogP contribution is -2.46. The van der Waals surface area contributed by atoms with Crippen LogP contribution in [0.4, 0.5) is 22.0 Å². The monoisotopic (exact) mass is 312 g/mol.